The Balaban J connectivity index is 1.60. The average molecular weight is 491 g/mol. The van der Waals surface area contributed by atoms with Crippen molar-refractivity contribution < 1.29 is 18.9 Å². The molecule has 2 fully saturated rings. The zero-order chi connectivity index (χ0) is 24.3. The highest BCUT2D eigenvalue weighted by Crippen LogP contribution is 2.61. The van der Waals surface area contributed by atoms with E-state index in [1.807, 2.05) is 4.90 Å². The van der Waals surface area contributed by atoms with Gasteiger partial charge in [0.15, 0.2) is 5.78 Å². The van der Waals surface area contributed by atoms with Crippen LogP contribution in [0.5, 0.6) is 0 Å². The van der Waals surface area contributed by atoms with Gasteiger partial charge in [-0.05, 0) is 35.9 Å². The lowest BCUT2D eigenvalue weighted by Gasteiger charge is -2.36. The van der Waals surface area contributed by atoms with Gasteiger partial charge in [0.2, 0.25) is 5.91 Å². The summed E-state index contributed by atoms with van der Waals surface area (Å²) >= 11 is 1.64. The first-order valence-electron chi connectivity index (χ1n) is 11.1. The molecule has 0 unspecified atom stereocenters. The Kier molecular flexibility index (Phi) is 4.97. The molecule has 1 aromatic heterocycles. The SMILES string of the molecule is O=C(c1cccnc1)[C@@H]1[C@H](c2ccc([N+](=O)[O-])cc2)[C@H]2CSCN2[C@@]12C(=O)Nc1ccc(F)cc12. The van der Waals surface area contributed by atoms with Crippen molar-refractivity contribution in [1.82, 2.24) is 9.88 Å². The van der Waals surface area contributed by atoms with E-state index in [0.717, 1.165) is 5.56 Å². The average Bonchev–Trinajstić information content (AvgIpc) is 3.53. The Morgan fingerprint density at radius 3 is 2.74 bits per heavy atom. The number of benzene rings is 2. The summed E-state index contributed by atoms with van der Waals surface area (Å²) in [6.07, 6.45) is 3.04. The van der Waals surface area contributed by atoms with Gasteiger partial charge in [0.25, 0.3) is 5.69 Å². The normalized spacial score (nSPS) is 27.0. The number of carbonyl (C=O) groups excluding carboxylic acids is 2. The van der Waals surface area contributed by atoms with Gasteiger partial charge in [0, 0.05) is 64.9 Å². The number of pyridine rings is 1. The van der Waals surface area contributed by atoms with E-state index in [9.17, 15) is 24.1 Å². The fourth-order valence-electron chi connectivity index (χ4n) is 5.93. The third-order valence-corrected chi connectivity index (χ3v) is 8.34. The molecule has 1 spiro atoms. The predicted octanol–water partition coefficient (Wildman–Crippen LogP) is 3.95. The number of ketones is 1. The molecule has 6 rings (SSSR count). The molecule has 0 aliphatic carbocycles. The largest absolute Gasteiger partial charge is 0.324 e. The topological polar surface area (TPSA) is 105 Å². The molecule has 35 heavy (non-hydrogen) atoms. The molecule has 1 N–H and O–H groups in total. The molecule has 8 nitrogen and oxygen atoms in total. The third kappa shape index (κ3) is 3.06. The summed E-state index contributed by atoms with van der Waals surface area (Å²) in [4.78, 5) is 44.9. The molecule has 1 amide bonds. The summed E-state index contributed by atoms with van der Waals surface area (Å²) in [5.41, 5.74) is 0.549. The fourth-order valence-corrected chi connectivity index (χ4v) is 7.25. The van der Waals surface area contributed by atoms with Crippen molar-refractivity contribution in [3.05, 3.63) is 99.6 Å². The van der Waals surface area contributed by atoms with E-state index in [-0.39, 0.29) is 23.4 Å². The minimum atomic E-state index is -1.41. The second-order valence-corrected chi connectivity index (χ2v) is 9.91. The van der Waals surface area contributed by atoms with Crippen molar-refractivity contribution in [2.24, 2.45) is 5.92 Å². The van der Waals surface area contributed by atoms with Gasteiger partial charge in [-0.1, -0.05) is 12.1 Å². The Bertz CT molecular complexity index is 1370. The van der Waals surface area contributed by atoms with Crippen LogP contribution in [0, 0.1) is 21.8 Å². The second-order valence-electron chi connectivity index (χ2n) is 8.91. The van der Waals surface area contributed by atoms with Gasteiger partial charge in [0.05, 0.1) is 10.8 Å². The minimum Gasteiger partial charge on any atom is -0.324 e. The highest BCUT2D eigenvalue weighted by atomic mass is 32.2. The van der Waals surface area contributed by atoms with E-state index in [1.54, 1.807) is 42.2 Å². The molecule has 0 bridgehead atoms. The summed E-state index contributed by atoms with van der Waals surface area (Å²) in [5.74, 6) is -1.30. The van der Waals surface area contributed by atoms with Gasteiger partial charge in [-0.25, -0.2) is 4.39 Å². The van der Waals surface area contributed by atoms with Crippen molar-refractivity contribution in [1.29, 1.82) is 0 Å². The first kappa shape index (κ1) is 21.9. The van der Waals surface area contributed by atoms with Crippen LogP contribution in [-0.4, -0.2) is 44.2 Å². The van der Waals surface area contributed by atoms with Crippen LogP contribution in [0.2, 0.25) is 0 Å². The van der Waals surface area contributed by atoms with E-state index in [4.69, 9.17) is 0 Å². The Labute approximate surface area is 203 Å². The van der Waals surface area contributed by atoms with Crippen LogP contribution in [0.3, 0.4) is 0 Å². The highest BCUT2D eigenvalue weighted by Gasteiger charge is 2.69. The van der Waals surface area contributed by atoms with Crippen molar-refractivity contribution in [3.8, 4) is 0 Å². The van der Waals surface area contributed by atoms with Crippen molar-refractivity contribution >= 4 is 34.8 Å². The lowest BCUT2D eigenvalue weighted by atomic mass is 9.69. The zero-order valence-electron chi connectivity index (χ0n) is 18.3. The van der Waals surface area contributed by atoms with Crippen molar-refractivity contribution in [2.75, 3.05) is 16.9 Å². The number of nitrogens with zero attached hydrogens (tertiary/aromatic N) is 3. The van der Waals surface area contributed by atoms with Gasteiger partial charge in [-0.2, -0.15) is 0 Å². The summed E-state index contributed by atoms with van der Waals surface area (Å²) in [7, 11) is 0. The number of nitro benzene ring substituents is 1. The molecule has 3 aromatic rings. The number of aromatic nitrogens is 1. The number of fused-ring (bicyclic) bond motifs is 4. The third-order valence-electron chi connectivity index (χ3n) is 7.30. The van der Waals surface area contributed by atoms with E-state index in [1.165, 1.54) is 36.5 Å². The number of non-ortho nitro benzene ring substituents is 1. The maximum atomic E-state index is 14.5. The molecule has 4 atom stereocenters. The second kappa shape index (κ2) is 7.96. The number of thioether (sulfide) groups is 1. The number of halogens is 1. The van der Waals surface area contributed by atoms with Crippen LogP contribution >= 0.6 is 11.8 Å². The number of hydrogen-bond acceptors (Lipinski definition) is 7. The molecule has 3 aliphatic heterocycles. The van der Waals surface area contributed by atoms with E-state index < -0.39 is 28.1 Å². The molecule has 0 radical (unpaired) electrons. The van der Waals surface area contributed by atoms with E-state index >= 15 is 0 Å². The van der Waals surface area contributed by atoms with Gasteiger partial charge < -0.3 is 5.32 Å². The van der Waals surface area contributed by atoms with Gasteiger partial charge >= 0.3 is 0 Å². The van der Waals surface area contributed by atoms with Gasteiger partial charge in [-0.3, -0.25) is 29.6 Å². The number of rotatable bonds is 4. The minimum absolute atomic E-state index is 0.0553. The Morgan fingerprint density at radius 2 is 2.03 bits per heavy atom. The summed E-state index contributed by atoms with van der Waals surface area (Å²) in [6.45, 7) is 0. The molecular formula is C25H19FN4O4S. The number of nitro groups is 1. The van der Waals surface area contributed by atoms with Crippen molar-refractivity contribution in [3.63, 3.8) is 0 Å². The number of amides is 1. The molecule has 2 saturated heterocycles. The maximum Gasteiger partial charge on any atom is 0.269 e. The molecule has 2 aromatic carbocycles. The smallest absolute Gasteiger partial charge is 0.269 e. The van der Waals surface area contributed by atoms with Crippen LogP contribution in [0.15, 0.2) is 67.0 Å². The lowest BCUT2D eigenvalue weighted by molar-refractivity contribution is -0.384. The standard InChI is InChI=1S/C25H19FN4O4S/c26-16-5-8-19-18(10-16)25(24(32)28-19)22(23(31)15-2-1-9-27-11-15)21(20-12-35-13-29(20)25)14-3-6-17(7-4-14)30(33)34/h1-11,20-22H,12-13H2,(H,28,32)/t20-,21-,22+,25-/m1/s1. The van der Waals surface area contributed by atoms with Crippen LogP contribution in [0.4, 0.5) is 15.8 Å². The molecule has 3 aliphatic rings. The van der Waals surface area contributed by atoms with E-state index in [0.29, 0.717) is 28.4 Å². The van der Waals surface area contributed by atoms with E-state index in [2.05, 4.69) is 10.3 Å². The monoisotopic (exact) mass is 490 g/mol. The summed E-state index contributed by atoms with van der Waals surface area (Å²) < 4.78 is 14.5. The summed E-state index contributed by atoms with van der Waals surface area (Å²) in [5, 5.41) is 14.1. The van der Waals surface area contributed by atoms with Crippen LogP contribution < -0.4 is 5.32 Å². The highest BCUT2D eigenvalue weighted by molar-refractivity contribution is 7.99. The van der Waals surface area contributed by atoms with Gasteiger partial charge in [-0.15, -0.1) is 11.8 Å². The number of Topliss-reactive ketones (excluding diaryl/α,β-unsaturated/α-hetero) is 1. The fraction of sp³-hybridized carbons (Fsp3) is 0.240. The number of carbonyl (C=O) groups is 2. The molecule has 4 heterocycles. The quantitative estimate of drug-likeness (QED) is 0.335. The lowest BCUT2D eigenvalue weighted by Crippen LogP contribution is -2.52. The molecular weight excluding hydrogens is 471 g/mol. The maximum absolute atomic E-state index is 14.5. The summed E-state index contributed by atoms with van der Waals surface area (Å²) in [6, 6.07) is 13.4. The number of anilines is 1. The molecule has 176 valence electrons. The van der Waals surface area contributed by atoms with Crippen LogP contribution in [0.1, 0.15) is 27.4 Å². The Hall–Kier alpha value is -3.63. The molecule has 0 saturated carbocycles. The number of hydrogen-bond donors (Lipinski definition) is 1. The van der Waals surface area contributed by atoms with Crippen LogP contribution in [0.25, 0.3) is 0 Å². The Morgan fingerprint density at radius 1 is 1.23 bits per heavy atom. The molecule has 10 heteroatoms. The van der Waals surface area contributed by atoms with Crippen molar-refractivity contribution in [2.45, 2.75) is 17.5 Å². The first-order chi connectivity index (χ1) is 16.9. The first-order valence-corrected chi connectivity index (χ1v) is 12.2. The van der Waals surface area contributed by atoms with Crippen LogP contribution in [-0.2, 0) is 10.3 Å². The predicted molar refractivity (Wildman–Crippen MR) is 128 cm³/mol. The van der Waals surface area contributed by atoms with Gasteiger partial charge in [0.1, 0.15) is 11.4 Å². The zero-order valence-corrected chi connectivity index (χ0v) is 19.1. The number of nitrogens with one attached hydrogen (secondary N) is 1.